The smallest absolute Gasteiger partial charge is 0.161 e. The van der Waals surface area contributed by atoms with Crippen molar-refractivity contribution in [1.29, 1.82) is 0 Å². The van der Waals surface area contributed by atoms with Crippen molar-refractivity contribution < 1.29 is 9.47 Å². The van der Waals surface area contributed by atoms with Gasteiger partial charge in [-0.1, -0.05) is 12.1 Å². The molecule has 0 bridgehead atoms. The van der Waals surface area contributed by atoms with Crippen LogP contribution in [0.1, 0.15) is 40.0 Å². The average molecular weight is 361 g/mol. The molecule has 27 heavy (non-hydrogen) atoms. The molecule has 1 aliphatic heterocycles. The number of pyridine rings is 2. The molecule has 0 amide bonds. The van der Waals surface area contributed by atoms with E-state index in [2.05, 4.69) is 52.5 Å². The zero-order valence-corrected chi connectivity index (χ0v) is 15.8. The third kappa shape index (κ3) is 3.38. The number of nitrogens with zero attached hydrogens (tertiary/aromatic N) is 2. The van der Waals surface area contributed by atoms with E-state index in [1.807, 2.05) is 18.5 Å². The maximum absolute atomic E-state index is 5.53. The van der Waals surface area contributed by atoms with E-state index in [-0.39, 0.29) is 12.1 Å². The minimum atomic E-state index is 0.00959. The Kier molecular flexibility index (Phi) is 4.77. The van der Waals surface area contributed by atoms with E-state index >= 15 is 0 Å². The van der Waals surface area contributed by atoms with Crippen LogP contribution >= 0.6 is 0 Å². The van der Waals surface area contributed by atoms with E-state index in [1.165, 1.54) is 11.1 Å². The summed E-state index contributed by atoms with van der Waals surface area (Å²) in [4.78, 5) is 8.95. The van der Waals surface area contributed by atoms with Crippen molar-refractivity contribution in [3.63, 3.8) is 0 Å². The molecule has 138 valence electrons. The van der Waals surface area contributed by atoms with E-state index in [1.54, 1.807) is 20.4 Å². The summed E-state index contributed by atoms with van der Waals surface area (Å²) in [5, 5.41) is 3.75. The highest BCUT2D eigenvalue weighted by molar-refractivity contribution is 5.52. The summed E-state index contributed by atoms with van der Waals surface area (Å²) in [7, 11) is 3.33. The first-order valence-electron chi connectivity index (χ1n) is 9.03. The predicted molar refractivity (Wildman–Crippen MR) is 104 cm³/mol. The standard InChI is InChI=1S/C22H23N3O2/c1-14-6-7-18(24-12-14)19-9-16-10-20(26-2)21(27-3)11-17(16)22(25-19)15-5-4-8-23-13-15/h4-8,10-13,19,22,25H,9H2,1-3H3/t19-,22-/m1/s1. The van der Waals surface area contributed by atoms with E-state index < -0.39 is 0 Å². The molecule has 3 heterocycles. The molecule has 0 radical (unpaired) electrons. The molecule has 1 N–H and O–H groups in total. The third-order valence-corrected chi connectivity index (χ3v) is 5.06. The molecule has 1 aromatic carbocycles. The van der Waals surface area contributed by atoms with E-state index in [0.717, 1.165) is 34.7 Å². The van der Waals surface area contributed by atoms with E-state index in [4.69, 9.17) is 9.47 Å². The molecule has 2 atom stereocenters. The van der Waals surface area contributed by atoms with Crippen LogP contribution < -0.4 is 14.8 Å². The lowest BCUT2D eigenvalue weighted by molar-refractivity contribution is 0.350. The van der Waals surface area contributed by atoms with Crippen LogP contribution in [0.2, 0.25) is 0 Å². The minimum absolute atomic E-state index is 0.00959. The normalized spacial score (nSPS) is 18.6. The Morgan fingerprint density at radius 2 is 1.85 bits per heavy atom. The molecule has 4 rings (SSSR count). The van der Waals surface area contributed by atoms with E-state index in [0.29, 0.717) is 0 Å². The maximum atomic E-state index is 5.53. The Morgan fingerprint density at radius 1 is 1.04 bits per heavy atom. The fourth-order valence-corrected chi connectivity index (χ4v) is 3.65. The molecule has 5 nitrogen and oxygen atoms in total. The number of aryl methyl sites for hydroxylation is 1. The molecule has 0 saturated carbocycles. The zero-order chi connectivity index (χ0) is 18.8. The summed E-state index contributed by atoms with van der Waals surface area (Å²) in [6.45, 7) is 2.05. The van der Waals surface area contributed by atoms with Gasteiger partial charge in [0.1, 0.15) is 0 Å². The van der Waals surface area contributed by atoms with Crippen LogP contribution in [-0.2, 0) is 6.42 Å². The van der Waals surface area contributed by atoms with Crippen molar-refractivity contribution in [3.05, 3.63) is 82.9 Å². The number of hydrogen-bond donors (Lipinski definition) is 1. The molecule has 0 saturated heterocycles. The van der Waals surface area contributed by atoms with Crippen molar-refractivity contribution in [2.45, 2.75) is 25.4 Å². The summed E-state index contributed by atoms with van der Waals surface area (Å²) in [5.74, 6) is 1.48. The fourth-order valence-electron chi connectivity index (χ4n) is 3.65. The number of hydrogen-bond acceptors (Lipinski definition) is 5. The van der Waals surface area contributed by atoms with Crippen LogP contribution in [0.4, 0.5) is 0 Å². The first-order chi connectivity index (χ1) is 13.2. The molecule has 0 unspecified atom stereocenters. The van der Waals surface area contributed by atoms with Gasteiger partial charge >= 0.3 is 0 Å². The van der Waals surface area contributed by atoms with Gasteiger partial charge in [-0.25, -0.2) is 0 Å². The van der Waals surface area contributed by atoms with Crippen LogP contribution in [-0.4, -0.2) is 24.2 Å². The van der Waals surface area contributed by atoms with Gasteiger partial charge < -0.3 is 9.47 Å². The topological polar surface area (TPSA) is 56.3 Å². The molecule has 0 spiro atoms. The molecule has 5 heteroatoms. The highest BCUT2D eigenvalue weighted by Gasteiger charge is 2.30. The van der Waals surface area contributed by atoms with E-state index in [9.17, 15) is 0 Å². The highest BCUT2D eigenvalue weighted by atomic mass is 16.5. The Labute approximate surface area is 159 Å². The van der Waals surface area contributed by atoms with Crippen molar-refractivity contribution in [2.75, 3.05) is 14.2 Å². The van der Waals surface area contributed by atoms with Gasteiger partial charge in [-0.2, -0.15) is 0 Å². The van der Waals surface area contributed by atoms with Crippen LogP contribution in [0, 0.1) is 6.92 Å². The van der Waals surface area contributed by atoms with Gasteiger partial charge in [0.2, 0.25) is 0 Å². The number of ether oxygens (including phenoxy) is 2. The summed E-state index contributed by atoms with van der Waals surface area (Å²) >= 11 is 0. The Hall–Kier alpha value is -2.92. The van der Waals surface area contributed by atoms with Crippen LogP contribution in [0.5, 0.6) is 11.5 Å². The van der Waals surface area contributed by atoms with Crippen molar-refractivity contribution >= 4 is 0 Å². The number of rotatable bonds is 4. The minimum Gasteiger partial charge on any atom is -0.493 e. The fraction of sp³-hybridized carbons (Fsp3) is 0.273. The lowest BCUT2D eigenvalue weighted by Crippen LogP contribution is -2.34. The largest absolute Gasteiger partial charge is 0.493 e. The second kappa shape index (κ2) is 7.37. The van der Waals surface area contributed by atoms with Gasteiger partial charge in [-0.3, -0.25) is 15.3 Å². The molecule has 0 aliphatic carbocycles. The van der Waals surface area contributed by atoms with Gasteiger partial charge in [-0.15, -0.1) is 0 Å². The number of fused-ring (bicyclic) bond motifs is 1. The van der Waals surface area contributed by atoms with Gasteiger partial charge in [0.25, 0.3) is 0 Å². The second-order valence-corrected chi connectivity index (χ2v) is 6.81. The number of methoxy groups -OCH3 is 2. The molecular weight excluding hydrogens is 338 g/mol. The first kappa shape index (κ1) is 17.5. The maximum Gasteiger partial charge on any atom is 0.161 e. The summed E-state index contributed by atoms with van der Waals surface area (Å²) in [6, 6.07) is 12.5. The lowest BCUT2D eigenvalue weighted by Gasteiger charge is -2.34. The molecule has 3 aromatic rings. The van der Waals surface area contributed by atoms with Crippen molar-refractivity contribution in [3.8, 4) is 11.5 Å². The molecule has 2 aromatic heterocycles. The Balaban J connectivity index is 1.81. The average Bonchev–Trinajstić information content (AvgIpc) is 2.73. The number of benzene rings is 1. The quantitative estimate of drug-likeness (QED) is 0.766. The second-order valence-electron chi connectivity index (χ2n) is 6.81. The monoisotopic (exact) mass is 361 g/mol. The molecule has 1 aliphatic rings. The van der Waals surface area contributed by atoms with Crippen LogP contribution in [0.15, 0.2) is 55.0 Å². The summed E-state index contributed by atoms with van der Waals surface area (Å²) in [5.41, 5.74) is 5.72. The Morgan fingerprint density at radius 3 is 2.52 bits per heavy atom. The Bertz CT molecular complexity index is 926. The van der Waals surface area contributed by atoms with Crippen LogP contribution in [0.3, 0.4) is 0 Å². The number of aromatic nitrogens is 2. The van der Waals surface area contributed by atoms with Gasteiger partial charge in [0.15, 0.2) is 11.5 Å². The van der Waals surface area contributed by atoms with Crippen molar-refractivity contribution in [1.82, 2.24) is 15.3 Å². The van der Waals surface area contributed by atoms with Gasteiger partial charge in [-0.05, 0) is 59.9 Å². The van der Waals surface area contributed by atoms with Crippen LogP contribution in [0.25, 0.3) is 0 Å². The predicted octanol–water partition coefficient (Wildman–Crippen LogP) is 3.78. The summed E-state index contributed by atoms with van der Waals surface area (Å²) in [6.07, 6.45) is 6.45. The summed E-state index contributed by atoms with van der Waals surface area (Å²) < 4.78 is 11.1. The van der Waals surface area contributed by atoms with Gasteiger partial charge in [0.05, 0.1) is 32.0 Å². The van der Waals surface area contributed by atoms with Gasteiger partial charge in [0, 0.05) is 18.6 Å². The third-order valence-electron chi connectivity index (χ3n) is 5.06. The lowest BCUT2D eigenvalue weighted by atomic mass is 9.85. The first-order valence-corrected chi connectivity index (χ1v) is 9.03. The highest BCUT2D eigenvalue weighted by Crippen LogP contribution is 2.40. The SMILES string of the molecule is COc1cc2c(cc1OC)[C@@H](c1cccnc1)N[C@@H](c1ccc(C)cn1)C2. The molecule has 0 fully saturated rings. The number of nitrogens with one attached hydrogen (secondary N) is 1. The molecular formula is C22H23N3O2. The zero-order valence-electron chi connectivity index (χ0n) is 15.8. The van der Waals surface area contributed by atoms with Crippen molar-refractivity contribution in [2.24, 2.45) is 0 Å².